The molecule has 0 saturated carbocycles. The van der Waals surface area contributed by atoms with E-state index in [1.54, 1.807) is 30.3 Å². The largest absolute Gasteiger partial charge is 0.358 e. The maximum atomic E-state index is 13.4. The number of nitrogens with one attached hydrogen (secondary N) is 3. The fraction of sp³-hybridized carbons (Fsp3) is 0.346. The summed E-state index contributed by atoms with van der Waals surface area (Å²) in [6, 6.07) is 13.8. The first-order valence-corrected chi connectivity index (χ1v) is 11.4. The first-order chi connectivity index (χ1) is 16.3. The van der Waals surface area contributed by atoms with E-state index >= 15 is 0 Å². The van der Waals surface area contributed by atoms with Gasteiger partial charge in [0, 0.05) is 24.8 Å². The molecule has 1 heterocycles. The normalized spacial score (nSPS) is 11.8. The SMILES string of the molecule is Cc1cc(N[C@@H](CC(C)C)C(=O)NCc2cccc(F)c2)nc(NCCc2ccc(F)cc2)n1. The molecule has 3 aromatic rings. The average Bonchev–Trinajstić information content (AvgIpc) is 2.78. The molecule has 34 heavy (non-hydrogen) atoms. The van der Waals surface area contributed by atoms with Crippen LogP contribution in [0.4, 0.5) is 20.5 Å². The van der Waals surface area contributed by atoms with Gasteiger partial charge in [0.2, 0.25) is 11.9 Å². The van der Waals surface area contributed by atoms with Gasteiger partial charge in [-0.2, -0.15) is 4.98 Å². The molecular formula is C26H31F2N5O. The van der Waals surface area contributed by atoms with Crippen molar-refractivity contribution in [3.05, 3.63) is 83.1 Å². The first-order valence-electron chi connectivity index (χ1n) is 11.4. The molecule has 0 fully saturated rings. The highest BCUT2D eigenvalue weighted by Gasteiger charge is 2.20. The van der Waals surface area contributed by atoms with Crippen molar-refractivity contribution in [1.82, 2.24) is 15.3 Å². The Morgan fingerprint density at radius 3 is 2.44 bits per heavy atom. The zero-order chi connectivity index (χ0) is 24.5. The Labute approximate surface area is 199 Å². The van der Waals surface area contributed by atoms with E-state index in [1.807, 2.05) is 20.8 Å². The van der Waals surface area contributed by atoms with Crippen LogP contribution in [0, 0.1) is 24.5 Å². The van der Waals surface area contributed by atoms with Gasteiger partial charge < -0.3 is 16.0 Å². The molecule has 1 atom stereocenters. The number of hydrogen-bond donors (Lipinski definition) is 3. The number of halogens is 2. The van der Waals surface area contributed by atoms with Gasteiger partial charge in [-0.15, -0.1) is 0 Å². The highest BCUT2D eigenvalue weighted by Crippen LogP contribution is 2.15. The van der Waals surface area contributed by atoms with Crippen molar-refractivity contribution in [1.29, 1.82) is 0 Å². The lowest BCUT2D eigenvalue weighted by molar-refractivity contribution is -0.122. The molecular weight excluding hydrogens is 436 g/mol. The molecule has 3 N–H and O–H groups in total. The Kier molecular flexibility index (Phi) is 8.90. The average molecular weight is 468 g/mol. The van der Waals surface area contributed by atoms with Crippen LogP contribution in [0.2, 0.25) is 0 Å². The number of hydrogen-bond acceptors (Lipinski definition) is 5. The minimum atomic E-state index is -0.505. The van der Waals surface area contributed by atoms with Gasteiger partial charge in [0.1, 0.15) is 23.5 Å². The van der Waals surface area contributed by atoms with Gasteiger partial charge >= 0.3 is 0 Å². The van der Waals surface area contributed by atoms with Crippen molar-refractivity contribution in [2.75, 3.05) is 17.2 Å². The van der Waals surface area contributed by atoms with E-state index in [9.17, 15) is 13.6 Å². The van der Waals surface area contributed by atoms with Gasteiger partial charge in [-0.1, -0.05) is 38.1 Å². The molecule has 0 spiro atoms. The molecule has 1 aromatic heterocycles. The predicted molar refractivity (Wildman–Crippen MR) is 130 cm³/mol. The molecule has 8 heteroatoms. The van der Waals surface area contributed by atoms with Crippen LogP contribution in [0.15, 0.2) is 54.6 Å². The van der Waals surface area contributed by atoms with Crippen molar-refractivity contribution in [3.8, 4) is 0 Å². The van der Waals surface area contributed by atoms with Crippen molar-refractivity contribution in [3.63, 3.8) is 0 Å². The molecule has 6 nitrogen and oxygen atoms in total. The molecule has 0 bridgehead atoms. The second-order valence-corrected chi connectivity index (χ2v) is 8.70. The van der Waals surface area contributed by atoms with E-state index < -0.39 is 6.04 Å². The van der Waals surface area contributed by atoms with Crippen LogP contribution < -0.4 is 16.0 Å². The van der Waals surface area contributed by atoms with Gasteiger partial charge in [-0.3, -0.25) is 4.79 Å². The topological polar surface area (TPSA) is 78.9 Å². The van der Waals surface area contributed by atoms with E-state index in [1.165, 1.54) is 24.3 Å². The summed E-state index contributed by atoms with van der Waals surface area (Å²) < 4.78 is 26.5. The summed E-state index contributed by atoms with van der Waals surface area (Å²) in [7, 11) is 0. The number of benzene rings is 2. The molecule has 3 rings (SSSR count). The highest BCUT2D eigenvalue weighted by molar-refractivity contribution is 5.84. The third-order valence-corrected chi connectivity index (χ3v) is 5.17. The number of anilines is 2. The monoisotopic (exact) mass is 467 g/mol. The van der Waals surface area contributed by atoms with Crippen molar-refractivity contribution >= 4 is 17.7 Å². The predicted octanol–water partition coefficient (Wildman–Crippen LogP) is 4.86. The van der Waals surface area contributed by atoms with Crippen LogP contribution in [0.3, 0.4) is 0 Å². The number of rotatable bonds is 11. The van der Waals surface area contributed by atoms with Gasteiger partial charge in [-0.05, 0) is 61.1 Å². The number of nitrogens with zero attached hydrogens (tertiary/aromatic N) is 2. The summed E-state index contributed by atoms with van der Waals surface area (Å²) in [5, 5.41) is 9.31. The summed E-state index contributed by atoms with van der Waals surface area (Å²) in [5.41, 5.74) is 2.46. The van der Waals surface area contributed by atoms with Gasteiger partial charge in [0.15, 0.2) is 0 Å². The molecule has 0 aliphatic rings. The van der Waals surface area contributed by atoms with Crippen LogP contribution in [-0.2, 0) is 17.8 Å². The Balaban J connectivity index is 1.62. The number of amides is 1. The van der Waals surface area contributed by atoms with Crippen molar-refractivity contribution in [2.45, 2.75) is 46.2 Å². The molecule has 0 radical (unpaired) electrons. The summed E-state index contributed by atoms with van der Waals surface area (Å²) >= 11 is 0. The number of aryl methyl sites for hydroxylation is 1. The number of carbonyl (C=O) groups is 1. The molecule has 1 amide bonds. The minimum Gasteiger partial charge on any atom is -0.358 e. The lowest BCUT2D eigenvalue weighted by Gasteiger charge is -2.21. The molecule has 0 aliphatic carbocycles. The highest BCUT2D eigenvalue weighted by atomic mass is 19.1. The summed E-state index contributed by atoms with van der Waals surface area (Å²) in [4.78, 5) is 21.8. The molecule has 0 unspecified atom stereocenters. The second kappa shape index (κ2) is 12.1. The number of carbonyl (C=O) groups excluding carboxylic acids is 1. The van der Waals surface area contributed by atoms with E-state index in [4.69, 9.17) is 0 Å². The maximum absolute atomic E-state index is 13.4. The molecule has 0 aliphatic heterocycles. The van der Waals surface area contributed by atoms with Gasteiger partial charge in [0.05, 0.1) is 0 Å². The molecule has 0 saturated heterocycles. The molecule has 180 valence electrons. The van der Waals surface area contributed by atoms with Crippen LogP contribution in [-0.4, -0.2) is 28.5 Å². The van der Waals surface area contributed by atoms with Crippen molar-refractivity contribution < 1.29 is 13.6 Å². The number of aromatic nitrogens is 2. The van der Waals surface area contributed by atoms with E-state index in [2.05, 4.69) is 25.9 Å². The molecule has 2 aromatic carbocycles. The van der Waals surface area contributed by atoms with Crippen LogP contribution >= 0.6 is 0 Å². The summed E-state index contributed by atoms with van der Waals surface area (Å²) in [6.45, 7) is 6.77. The van der Waals surface area contributed by atoms with Crippen molar-refractivity contribution in [2.24, 2.45) is 5.92 Å². The van der Waals surface area contributed by atoms with Crippen LogP contribution in [0.25, 0.3) is 0 Å². The quantitative estimate of drug-likeness (QED) is 0.375. The lowest BCUT2D eigenvalue weighted by atomic mass is 10.0. The van der Waals surface area contributed by atoms with Gasteiger partial charge in [0.25, 0.3) is 0 Å². The zero-order valence-corrected chi connectivity index (χ0v) is 19.7. The van der Waals surface area contributed by atoms with Gasteiger partial charge in [-0.25, -0.2) is 13.8 Å². The Morgan fingerprint density at radius 2 is 1.74 bits per heavy atom. The minimum absolute atomic E-state index is 0.181. The zero-order valence-electron chi connectivity index (χ0n) is 19.7. The van der Waals surface area contributed by atoms with Crippen LogP contribution in [0.5, 0.6) is 0 Å². The Bertz CT molecular complexity index is 1090. The summed E-state index contributed by atoms with van der Waals surface area (Å²) in [5.74, 6) is 0.495. The lowest BCUT2D eigenvalue weighted by Crippen LogP contribution is -2.40. The van der Waals surface area contributed by atoms with E-state index in [-0.39, 0.29) is 30.0 Å². The fourth-order valence-corrected chi connectivity index (χ4v) is 3.53. The fourth-order valence-electron chi connectivity index (χ4n) is 3.53. The Morgan fingerprint density at radius 1 is 0.971 bits per heavy atom. The standard InChI is InChI=1S/C26H31F2N5O/c1-17(2)13-23(25(34)30-16-20-5-4-6-22(28)15-20)32-24-14-18(3)31-26(33-24)29-12-11-19-7-9-21(27)10-8-19/h4-10,14-15,17,23H,11-13,16H2,1-3H3,(H,30,34)(H2,29,31,32,33)/t23-/m0/s1. The third-order valence-electron chi connectivity index (χ3n) is 5.17. The second-order valence-electron chi connectivity index (χ2n) is 8.70. The smallest absolute Gasteiger partial charge is 0.242 e. The van der Waals surface area contributed by atoms with Crippen LogP contribution in [0.1, 0.15) is 37.1 Å². The maximum Gasteiger partial charge on any atom is 0.242 e. The Hall–Kier alpha value is -3.55. The third kappa shape index (κ3) is 8.10. The summed E-state index contributed by atoms with van der Waals surface area (Å²) in [6.07, 6.45) is 1.30. The van der Waals surface area contributed by atoms with E-state index in [0.717, 1.165) is 11.3 Å². The van der Waals surface area contributed by atoms with E-state index in [0.29, 0.717) is 36.7 Å². The first kappa shape index (κ1) is 25.1.